The van der Waals surface area contributed by atoms with Crippen LogP contribution in [0.4, 0.5) is 5.69 Å². The molecule has 6 nitrogen and oxygen atoms in total. The molecule has 1 aromatic heterocycles. The fraction of sp³-hybridized carbons (Fsp3) is 0.290. The molecule has 1 aliphatic heterocycles. The summed E-state index contributed by atoms with van der Waals surface area (Å²) in [4.78, 5) is 15.2. The minimum atomic E-state index is -0.420. The number of amides is 1. The topological polar surface area (TPSA) is 70.2 Å². The molecule has 1 aliphatic carbocycles. The normalized spacial score (nSPS) is 20.3. The molecule has 188 valence electrons. The first-order valence-electron chi connectivity index (χ1n) is 13.0. The van der Waals surface area contributed by atoms with E-state index in [0.29, 0.717) is 0 Å². The van der Waals surface area contributed by atoms with Crippen LogP contribution in [0.2, 0.25) is 0 Å². The van der Waals surface area contributed by atoms with Crippen molar-refractivity contribution in [3.63, 3.8) is 0 Å². The molecule has 1 saturated carbocycles. The number of rotatable bonds is 9. The minimum Gasteiger partial charge on any atom is -0.383 e. The third-order valence-corrected chi connectivity index (χ3v) is 7.92. The van der Waals surface area contributed by atoms with Crippen LogP contribution in [0.25, 0.3) is 23.1 Å². The van der Waals surface area contributed by atoms with E-state index < -0.39 is 5.41 Å². The molecule has 2 aliphatic rings. The van der Waals surface area contributed by atoms with Crippen LogP contribution in [0.1, 0.15) is 47.2 Å². The number of likely N-dealkylation sites (N-methyl/N-ethyl adjacent to an activating group) is 1. The number of para-hydroxylation sites is 1. The molecule has 1 fully saturated rings. The van der Waals surface area contributed by atoms with Gasteiger partial charge in [0.25, 0.3) is 0 Å². The van der Waals surface area contributed by atoms with Crippen LogP contribution < -0.4 is 5.32 Å². The van der Waals surface area contributed by atoms with Gasteiger partial charge in [0, 0.05) is 37.2 Å². The minimum absolute atomic E-state index is 0.121. The number of hydrogen-bond donors (Lipinski definition) is 2. The van der Waals surface area contributed by atoms with E-state index in [2.05, 4.69) is 88.0 Å². The lowest BCUT2D eigenvalue weighted by molar-refractivity contribution is -0.118. The Hall–Kier alpha value is -3.74. The smallest absolute Gasteiger partial charge is 0.235 e. The molecule has 37 heavy (non-hydrogen) atoms. The first-order valence-corrected chi connectivity index (χ1v) is 13.0. The summed E-state index contributed by atoms with van der Waals surface area (Å²) in [6.45, 7) is 5.79. The second-order valence-corrected chi connectivity index (χ2v) is 10.1. The lowest BCUT2D eigenvalue weighted by Crippen LogP contribution is -2.26. The Bertz CT molecular complexity index is 1470. The summed E-state index contributed by atoms with van der Waals surface area (Å²) in [5, 5.41) is 11.9. The monoisotopic (exact) mass is 492 g/mol. The van der Waals surface area contributed by atoms with Gasteiger partial charge in [-0.1, -0.05) is 67.6 Å². The summed E-state index contributed by atoms with van der Waals surface area (Å²) in [6.07, 6.45) is 5.01. The van der Waals surface area contributed by atoms with Crippen molar-refractivity contribution in [2.45, 2.75) is 31.2 Å². The van der Waals surface area contributed by atoms with Gasteiger partial charge in [0.2, 0.25) is 5.91 Å². The Morgan fingerprint density at radius 1 is 1.11 bits per heavy atom. The van der Waals surface area contributed by atoms with Crippen molar-refractivity contribution < 1.29 is 9.53 Å². The van der Waals surface area contributed by atoms with E-state index in [1.807, 2.05) is 18.2 Å². The zero-order valence-electron chi connectivity index (χ0n) is 21.3. The van der Waals surface area contributed by atoms with Crippen molar-refractivity contribution in [1.82, 2.24) is 15.1 Å². The predicted molar refractivity (Wildman–Crippen MR) is 148 cm³/mol. The van der Waals surface area contributed by atoms with Gasteiger partial charge in [-0.05, 0) is 53.4 Å². The fourth-order valence-corrected chi connectivity index (χ4v) is 5.69. The van der Waals surface area contributed by atoms with Crippen LogP contribution in [0.15, 0.2) is 66.7 Å². The molecule has 0 unspecified atom stereocenters. The molecule has 0 bridgehead atoms. The summed E-state index contributed by atoms with van der Waals surface area (Å²) in [5.74, 6) is 0.315. The third-order valence-electron chi connectivity index (χ3n) is 7.92. The van der Waals surface area contributed by atoms with Crippen molar-refractivity contribution in [3.8, 4) is 0 Å². The first-order chi connectivity index (χ1) is 18.1. The molecule has 2 heterocycles. The van der Waals surface area contributed by atoms with Crippen LogP contribution in [0, 0.1) is 0 Å². The highest BCUT2D eigenvalue weighted by molar-refractivity contribution is 6.09. The van der Waals surface area contributed by atoms with Gasteiger partial charge in [-0.2, -0.15) is 5.10 Å². The molecule has 1 spiro atoms. The van der Waals surface area contributed by atoms with Crippen molar-refractivity contribution in [2.75, 3.05) is 32.1 Å². The van der Waals surface area contributed by atoms with Gasteiger partial charge >= 0.3 is 0 Å². The van der Waals surface area contributed by atoms with Crippen LogP contribution in [0.5, 0.6) is 0 Å². The Labute approximate surface area is 217 Å². The number of aromatic amines is 1. The molecular formula is C31H32N4O2. The largest absolute Gasteiger partial charge is 0.383 e. The lowest BCUT2D eigenvalue weighted by Gasteiger charge is -2.19. The van der Waals surface area contributed by atoms with Crippen molar-refractivity contribution in [2.24, 2.45) is 0 Å². The number of ether oxygens (including phenoxy) is 1. The summed E-state index contributed by atoms with van der Waals surface area (Å²) in [7, 11) is 1.74. The number of carbonyl (C=O) groups excluding carboxylic acids is 1. The third kappa shape index (κ3) is 4.26. The number of benzene rings is 3. The molecule has 3 aromatic carbocycles. The maximum Gasteiger partial charge on any atom is 0.235 e. The number of H-pyrrole nitrogens is 1. The number of carbonyl (C=O) groups is 1. The average Bonchev–Trinajstić information content (AvgIpc) is 3.46. The molecule has 6 heteroatoms. The maximum absolute atomic E-state index is 12.9. The summed E-state index contributed by atoms with van der Waals surface area (Å²) in [5.41, 5.74) is 7.19. The van der Waals surface area contributed by atoms with E-state index in [-0.39, 0.29) is 11.8 Å². The fourth-order valence-electron chi connectivity index (χ4n) is 5.69. The van der Waals surface area contributed by atoms with Gasteiger partial charge in [0.15, 0.2) is 0 Å². The zero-order chi connectivity index (χ0) is 25.4. The first kappa shape index (κ1) is 23.6. The van der Waals surface area contributed by atoms with Crippen LogP contribution in [-0.4, -0.2) is 47.8 Å². The Balaban J connectivity index is 1.16. The molecule has 1 amide bonds. The molecule has 0 saturated heterocycles. The van der Waals surface area contributed by atoms with Gasteiger partial charge in [-0.15, -0.1) is 0 Å². The Kier molecular flexibility index (Phi) is 6.14. The van der Waals surface area contributed by atoms with E-state index in [9.17, 15) is 4.79 Å². The summed E-state index contributed by atoms with van der Waals surface area (Å²) < 4.78 is 5.21. The lowest BCUT2D eigenvalue weighted by atomic mass is 9.92. The summed E-state index contributed by atoms with van der Waals surface area (Å²) in [6, 6.07) is 23.2. The highest BCUT2D eigenvalue weighted by Gasteiger charge is 2.65. The maximum atomic E-state index is 12.9. The van der Waals surface area contributed by atoms with Gasteiger partial charge in [0.1, 0.15) is 0 Å². The summed E-state index contributed by atoms with van der Waals surface area (Å²) >= 11 is 0. The SMILES string of the molecule is CCN(CCOC)Cc1ccc(/C=C/c2n[nH]c3cc([C@@H]4C[C@@]45C(=O)Nc4ccccc45)ccc23)cc1. The van der Waals surface area contributed by atoms with E-state index in [1.165, 1.54) is 11.1 Å². The second kappa shape index (κ2) is 9.61. The average molecular weight is 493 g/mol. The Morgan fingerprint density at radius 3 is 2.76 bits per heavy atom. The van der Waals surface area contributed by atoms with Crippen LogP contribution >= 0.6 is 0 Å². The van der Waals surface area contributed by atoms with Crippen LogP contribution in [0.3, 0.4) is 0 Å². The molecule has 4 aromatic rings. The van der Waals surface area contributed by atoms with Crippen molar-refractivity contribution in [3.05, 3.63) is 94.7 Å². The van der Waals surface area contributed by atoms with Gasteiger partial charge < -0.3 is 10.1 Å². The number of hydrogen-bond acceptors (Lipinski definition) is 4. The van der Waals surface area contributed by atoms with E-state index in [0.717, 1.165) is 66.1 Å². The number of fused-ring (bicyclic) bond motifs is 3. The molecule has 2 atom stereocenters. The van der Waals surface area contributed by atoms with Crippen molar-refractivity contribution in [1.29, 1.82) is 0 Å². The number of nitrogens with one attached hydrogen (secondary N) is 2. The van der Waals surface area contributed by atoms with Gasteiger partial charge in [-0.3, -0.25) is 14.8 Å². The van der Waals surface area contributed by atoms with Gasteiger partial charge in [0.05, 0.1) is 23.2 Å². The molecule has 2 N–H and O–H groups in total. The molecule has 6 rings (SSSR count). The zero-order valence-corrected chi connectivity index (χ0v) is 21.3. The number of aromatic nitrogens is 2. The van der Waals surface area contributed by atoms with E-state index in [1.54, 1.807) is 7.11 Å². The number of nitrogens with zero attached hydrogens (tertiary/aromatic N) is 2. The van der Waals surface area contributed by atoms with E-state index in [4.69, 9.17) is 4.74 Å². The molecular weight excluding hydrogens is 460 g/mol. The predicted octanol–water partition coefficient (Wildman–Crippen LogP) is 5.58. The van der Waals surface area contributed by atoms with Crippen molar-refractivity contribution >= 4 is 34.6 Å². The standard InChI is InChI=1S/C31H32N4O2/c1-3-35(16-17-37-2)20-22-10-8-21(9-11-22)12-15-27-24-14-13-23(18-29(24)34-33-27)26-19-31(26)25-6-4-5-7-28(25)32-30(31)36/h4-15,18,26H,3,16-17,19-20H2,1-2H3,(H,32,36)(H,33,34)/b15-12+/t26-,31-/m0/s1. The Morgan fingerprint density at radius 2 is 1.95 bits per heavy atom. The highest BCUT2D eigenvalue weighted by atomic mass is 16.5. The van der Waals surface area contributed by atoms with Crippen LogP contribution in [-0.2, 0) is 21.5 Å². The number of anilines is 1. The quantitative estimate of drug-likeness (QED) is 0.320. The molecule has 0 radical (unpaired) electrons. The highest BCUT2D eigenvalue weighted by Crippen LogP contribution is 2.64. The number of methoxy groups -OCH3 is 1. The van der Waals surface area contributed by atoms with E-state index >= 15 is 0 Å². The second-order valence-electron chi connectivity index (χ2n) is 10.1. The van der Waals surface area contributed by atoms with Gasteiger partial charge in [-0.25, -0.2) is 0 Å².